The zero-order chi connectivity index (χ0) is 20.1. The summed E-state index contributed by atoms with van der Waals surface area (Å²) in [5.74, 6) is 1.48. The molecule has 28 heavy (non-hydrogen) atoms. The van der Waals surface area contributed by atoms with Gasteiger partial charge in [0.2, 0.25) is 5.91 Å². The number of rotatable bonds is 6. The molecule has 148 valence electrons. The van der Waals surface area contributed by atoms with Gasteiger partial charge in [-0.05, 0) is 19.1 Å². The van der Waals surface area contributed by atoms with Crippen LogP contribution in [0.25, 0.3) is 0 Å². The first kappa shape index (κ1) is 19.7. The van der Waals surface area contributed by atoms with E-state index < -0.39 is 23.3 Å². The normalized spacial score (nSPS) is 16.1. The Morgan fingerprint density at radius 2 is 2.14 bits per heavy atom. The Morgan fingerprint density at radius 3 is 2.86 bits per heavy atom. The summed E-state index contributed by atoms with van der Waals surface area (Å²) in [6.07, 6.45) is 1.27. The Hall–Kier alpha value is -3.01. The maximum atomic E-state index is 12.1. The van der Waals surface area contributed by atoms with Crippen molar-refractivity contribution in [3.63, 3.8) is 0 Å². The number of ether oxygens (including phenoxy) is 2. The zero-order valence-corrected chi connectivity index (χ0v) is 16.4. The summed E-state index contributed by atoms with van der Waals surface area (Å²) in [4.78, 5) is 23.4. The molecule has 1 aromatic carbocycles. The number of amides is 3. The van der Waals surface area contributed by atoms with E-state index in [0.717, 1.165) is 0 Å². The molecule has 0 aliphatic carbocycles. The Bertz CT molecular complexity index is 885. The number of aromatic nitrogens is 3. The van der Waals surface area contributed by atoms with Gasteiger partial charge in [0.05, 0.1) is 5.25 Å². The van der Waals surface area contributed by atoms with E-state index >= 15 is 0 Å². The van der Waals surface area contributed by atoms with Gasteiger partial charge in [-0.3, -0.25) is 14.7 Å². The second-order valence-electron chi connectivity index (χ2n) is 5.93. The van der Waals surface area contributed by atoms with Crippen molar-refractivity contribution in [3.8, 4) is 11.5 Å². The summed E-state index contributed by atoms with van der Waals surface area (Å²) in [5, 5.41) is 13.0. The van der Waals surface area contributed by atoms with Gasteiger partial charge in [0.25, 0.3) is 0 Å². The molecular formula is C18H21N5O4S. The van der Waals surface area contributed by atoms with E-state index in [2.05, 4.69) is 27.4 Å². The maximum Gasteiger partial charge on any atom is 0.321 e. The molecule has 9 nitrogen and oxygen atoms in total. The van der Waals surface area contributed by atoms with Crippen LogP contribution in [0.15, 0.2) is 42.1 Å². The highest BCUT2D eigenvalue weighted by molar-refractivity contribution is 8.00. The van der Waals surface area contributed by atoms with Crippen LogP contribution >= 0.6 is 11.8 Å². The van der Waals surface area contributed by atoms with Gasteiger partial charge in [-0.2, -0.15) is 0 Å². The molecule has 10 heteroatoms. The number of imide groups is 1. The molecule has 1 aromatic heterocycles. The van der Waals surface area contributed by atoms with Gasteiger partial charge in [0.15, 0.2) is 28.6 Å². The molecule has 1 aliphatic heterocycles. The molecule has 3 amide bonds. The third-order valence-corrected chi connectivity index (χ3v) is 5.05. The van der Waals surface area contributed by atoms with Crippen molar-refractivity contribution in [2.75, 3.05) is 13.7 Å². The Balaban J connectivity index is 1.78. The second-order valence-corrected chi connectivity index (χ2v) is 7.24. The molecule has 2 N–H and O–H groups in total. The fraction of sp³-hybridized carbons (Fsp3) is 0.333. The lowest BCUT2D eigenvalue weighted by Gasteiger charge is -2.26. The van der Waals surface area contributed by atoms with Crippen LogP contribution in [0, 0.1) is 0 Å². The van der Waals surface area contributed by atoms with E-state index in [-0.39, 0.29) is 0 Å². The SMILES string of the molecule is C=CCn1c(S[C@H](C)C(=O)NC(=O)NC)nnc1[C@@H]1COc2ccccc2O1. The lowest BCUT2D eigenvalue weighted by molar-refractivity contribution is -0.119. The minimum absolute atomic E-state index is 0.295. The lowest BCUT2D eigenvalue weighted by Crippen LogP contribution is -2.41. The minimum atomic E-state index is -0.558. The summed E-state index contributed by atoms with van der Waals surface area (Å²) >= 11 is 1.19. The number of hydrogen-bond donors (Lipinski definition) is 2. The molecule has 0 spiro atoms. The third kappa shape index (κ3) is 4.28. The molecule has 0 saturated heterocycles. The van der Waals surface area contributed by atoms with Crippen LogP contribution in [-0.4, -0.2) is 45.6 Å². The number of hydrogen-bond acceptors (Lipinski definition) is 7. The number of thioether (sulfide) groups is 1. The minimum Gasteiger partial charge on any atom is -0.485 e. The number of carbonyl (C=O) groups excluding carboxylic acids is 2. The number of carbonyl (C=O) groups is 2. The molecule has 3 rings (SSSR count). The number of nitrogens with zero attached hydrogens (tertiary/aromatic N) is 3. The van der Waals surface area contributed by atoms with Crippen LogP contribution in [0.2, 0.25) is 0 Å². The summed E-state index contributed by atoms with van der Waals surface area (Å²) < 4.78 is 13.6. The highest BCUT2D eigenvalue weighted by Gasteiger charge is 2.29. The molecule has 0 radical (unpaired) electrons. The summed E-state index contributed by atoms with van der Waals surface area (Å²) in [6, 6.07) is 6.86. The largest absolute Gasteiger partial charge is 0.485 e. The summed E-state index contributed by atoms with van der Waals surface area (Å²) in [7, 11) is 1.44. The zero-order valence-electron chi connectivity index (χ0n) is 15.5. The van der Waals surface area contributed by atoms with Gasteiger partial charge in [0.1, 0.15) is 6.61 Å². The van der Waals surface area contributed by atoms with Gasteiger partial charge in [0, 0.05) is 13.6 Å². The first-order chi connectivity index (χ1) is 13.5. The van der Waals surface area contributed by atoms with Crippen molar-refractivity contribution in [1.82, 2.24) is 25.4 Å². The number of fused-ring (bicyclic) bond motifs is 1. The smallest absolute Gasteiger partial charge is 0.321 e. The van der Waals surface area contributed by atoms with Gasteiger partial charge in [-0.25, -0.2) is 4.79 Å². The van der Waals surface area contributed by atoms with Crippen LogP contribution in [-0.2, 0) is 11.3 Å². The van der Waals surface area contributed by atoms with Crippen molar-refractivity contribution >= 4 is 23.7 Å². The van der Waals surface area contributed by atoms with Gasteiger partial charge >= 0.3 is 6.03 Å². The molecule has 0 saturated carbocycles. The molecule has 0 fully saturated rings. The van der Waals surface area contributed by atoms with E-state index in [4.69, 9.17) is 9.47 Å². The van der Waals surface area contributed by atoms with Crippen molar-refractivity contribution in [2.24, 2.45) is 0 Å². The average Bonchev–Trinajstić information content (AvgIpc) is 3.10. The predicted molar refractivity (Wildman–Crippen MR) is 103 cm³/mol. The van der Waals surface area contributed by atoms with Crippen molar-refractivity contribution in [2.45, 2.75) is 30.0 Å². The van der Waals surface area contributed by atoms with Crippen LogP contribution in [0.4, 0.5) is 4.79 Å². The van der Waals surface area contributed by atoms with Crippen molar-refractivity contribution in [1.29, 1.82) is 0 Å². The lowest BCUT2D eigenvalue weighted by atomic mass is 10.2. The monoisotopic (exact) mass is 403 g/mol. The molecule has 2 aromatic rings. The first-order valence-corrected chi connectivity index (χ1v) is 9.53. The standard InChI is InChI=1S/C18H21N5O4S/c1-4-9-23-15(14-10-26-12-7-5-6-8-13(12)27-14)21-22-18(23)28-11(2)16(24)20-17(25)19-3/h4-8,11,14H,1,9-10H2,2-3H3,(H2,19,20,24,25)/t11-,14+/m1/s1. The fourth-order valence-corrected chi connectivity index (χ4v) is 3.43. The molecule has 0 unspecified atom stereocenters. The van der Waals surface area contributed by atoms with E-state index in [0.29, 0.717) is 35.6 Å². The number of allylic oxidation sites excluding steroid dienone is 1. The van der Waals surface area contributed by atoms with Crippen molar-refractivity contribution < 1.29 is 19.1 Å². The van der Waals surface area contributed by atoms with Gasteiger partial charge in [-0.1, -0.05) is 30.0 Å². The average molecular weight is 403 g/mol. The van der Waals surface area contributed by atoms with E-state index in [1.54, 1.807) is 13.0 Å². The van der Waals surface area contributed by atoms with Crippen LogP contribution in [0.5, 0.6) is 11.5 Å². The summed E-state index contributed by atoms with van der Waals surface area (Å²) in [5.41, 5.74) is 0. The quantitative estimate of drug-likeness (QED) is 0.560. The Labute approximate surface area is 166 Å². The van der Waals surface area contributed by atoms with Crippen molar-refractivity contribution in [3.05, 3.63) is 42.7 Å². The molecule has 1 aliphatic rings. The van der Waals surface area contributed by atoms with E-state index in [1.807, 2.05) is 28.8 Å². The Morgan fingerprint density at radius 1 is 1.39 bits per heavy atom. The molecule has 2 atom stereocenters. The Kier molecular flexibility index (Phi) is 6.19. The predicted octanol–water partition coefficient (Wildman–Crippen LogP) is 1.91. The highest BCUT2D eigenvalue weighted by Crippen LogP contribution is 2.36. The van der Waals surface area contributed by atoms with E-state index in [9.17, 15) is 9.59 Å². The van der Waals surface area contributed by atoms with Crippen LogP contribution in [0.1, 0.15) is 18.9 Å². The van der Waals surface area contributed by atoms with E-state index in [1.165, 1.54) is 18.8 Å². The fourth-order valence-electron chi connectivity index (χ4n) is 2.56. The van der Waals surface area contributed by atoms with Crippen LogP contribution < -0.4 is 20.1 Å². The topological polar surface area (TPSA) is 107 Å². The third-order valence-electron chi connectivity index (χ3n) is 3.97. The van der Waals surface area contributed by atoms with Crippen LogP contribution in [0.3, 0.4) is 0 Å². The number of urea groups is 1. The number of benzene rings is 1. The molecule has 0 bridgehead atoms. The van der Waals surface area contributed by atoms with Gasteiger partial charge in [-0.15, -0.1) is 16.8 Å². The molecule has 2 heterocycles. The maximum absolute atomic E-state index is 12.1. The summed E-state index contributed by atoms with van der Waals surface area (Å²) in [6.45, 7) is 6.20. The second kappa shape index (κ2) is 8.79. The highest BCUT2D eigenvalue weighted by atomic mass is 32.2. The van der Waals surface area contributed by atoms with Gasteiger partial charge < -0.3 is 14.8 Å². The first-order valence-electron chi connectivity index (χ1n) is 8.65. The molecular weight excluding hydrogens is 382 g/mol. The number of para-hydroxylation sites is 2. The number of nitrogens with one attached hydrogen (secondary N) is 2.